The highest BCUT2D eigenvalue weighted by Gasteiger charge is 2.38. The average Bonchev–Trinajstić information content (AvgIpc) is 2.90. The lowest BCUT2D eigenvalue weighted by molar-refractivity contribution is 0.268. The molecule has 1 aromatic heterocycles. The van der Waals surface area contributed by atoms with Crippen LogP contribution < -0.4 is 10.5 Å². The molecule has 1 aliphatic heterocycles. The summed E-state index contributed by atoms with van der Waals surface area (Å²) in [4.78, 5) is 4.55. The molecular formula is C17H15Cl2N3O2. The van der Waals surface area contributed by atoms with Crippen molar-refractivity contribution in [1.82, 2.24) is 4.98 Å². The van der Waals surface area contributed by atoms with E-state index >= 15 is 0 Å². The van der Waals surface area contributed by atoms with Gasteiger partial charge in [-0.2, -0.15) is 5.26 Å². The molecule has 124 valence electrons. The van der Waals surface area contributed by atoms with E-state index in [9.17, 15) is 5.26 Å². The molecule has 24 heavy (non-hydrogen) atoms. The Morgan fingerprint density at radius 1 is 1.29 bits per heavy atom. The number of rotatable bonds is 1. The zero-order valence-electron chi connectivity index (χ0n) is 13.4. The lowest BCUT2D eigenvalue weighted by atomic mass is 9.88. The number of benzene rings is 1. The summed E-state index contributed by atoms with van der Waals surface area (Å²) in [5.74, 6) is 0.100. The molecule has 0 amide bonds. The molecule has 0 fully saturated rings. The number of halogens is 2. The van der Waals surface area contributed by atoms with Gasteiger partial charge in [-0.15, -0.1) is 0 Å². The molecule has 0 bridgehead atoms. The van der Waals surface area contributed by atoms with E-state index in [-0.39, 0.29) is 22.8 Å². The highest BCUT2D eigenvalue weighted by Crippen LogP contribution is 2.45. The van der Waals surface area contributed by atoms with Crippen LogP contribution in [-0.4, -0.2) is 4.98 Å². The van der Waals surface area contributed by atoms with Crippen molar-refractivity contribution in [2.24, 2.45) is 5.73 Å². The highest BCUT2D eigenvalue weighted by molar-refractivity contribution is 6.35. The quantitative estimate of drug-likeness (QED) is 0.805. The van der Waals surface area contributed by atoms with E-state index < -0.39 is 5.92 Å². The number of hydrogen-bond donors (Lipinski definition) is 1. The van der Waals surface area contributed by atoms with Crippen molar-refractivity contribution in [3.8, 4) is 12.0 Å². The number of allylic oxidation sites excluding steroid dienone is 1. The number of hydrogen-bond acceptors (Lipinski definition) is 5. The Morgan fingerprint density at radius 2 is 2.00 bits per heavy atom. The average molecular weight is 364 g/mol. The van der Waals surface area contributed by atoms with E-state index in [1.807, 2.05) is 20.8 Å². The van der Waals surface area contributed by atoms with Gasteiger partial charge >= 0.3 is 5.95 Å². The molecule has 0 saturated heterocycles. The van der Waals surface area contributed by atoms with Crippen molar-refractivity contribution >= 4 is 23.2 Å². The van der Waals surface area contributed by atoms with Crippen LogP contribution in [0, 0.1) is 11.3 Å². The second-order valence-electron chi connectivity index (χ2n) is 6.53. The fourth-order valence-corrected chi connectivity index (χ4v) is 3.00. The maximum absolute atomic E-state index is 9.54. The minimum Gasteiger partial charge on any atom is -0.409 e. The number of aromatic nitrogens is 1. The number of nitrogens with two attached hydrogens (primary N) is 1. The number of nitrogens with zero attached hydrogens (tertiary/aromatic N) is 2. The van der Waals surface area contributed by atoms with Crippen LogP contribution in [0.5, 0.6) is 5.95 Å². The van der Waals surface area contributed by atoms with E-state index in [1.54, 1.807) is 18.2 Å². The van der Waals surface area contributed by atoms with Crippen LogP contribution in [0.15, 0.2) is 34.1 Å². The first-order valence-corrected chi connectivity index (χ1v) is 8.01. The Balaban J connectivity index is 2.23. The molecule has 0 unspecified atom stereocenters. The molecule has 1 atom stereocenters. The molecule has 1 aromatic carbocycles. The van der Waals surface area contributed by atoms with Crippen LogP contribution in [0.1, 0.15) is 43.8 Å². The molecule has 0 radical (unpaired) electrons. The van der Waals surface area contributed by atoms with E-state index in [2.05, 4.69) is 11.1 Å². The number of fused-ring (bicyclic) bond motifs is 1. The number of oxazole rings is 1. The van der Waals surface area contributed by atoms with E-state index in [4.69, 9.17) is 38.1 Å². The van der Waals surface area contributed by atoms with Crippen LogP contribution in [0.3, 0.4) is 0 Å². The second-order valence-corrected chi connectivity index (χ2v) is 7.38. The molecular weight excluding hydrogens is 349 g/mol. The summed E-state index contributed by atoms with van der Waals surface area (Å²) in [7, 11) is 0. The monoisotopic (exact) mass is 363 g/mol. The zero-order chi connectivity index (χ0) is 17.6. The Hall–Kier alpha value is -2.16. The van der Waals surface area contributed by atoms with Gasteiger partial charge < -0.3 is 14.9 Å². The molecule has 3 rings (SSSR count). The summed E-state index contributed by atoms with van der Waals surface area (Å²) < 4.78 is 11.2. The second kappa shape index (κ2) is 5.73. The van der Waals surface area contributed by atoms with Gasteiger partial charge in [-0.3, -0.25) is 0 Å². The summed E-state index contributed by atoms with van der Waals surface area (Å²) in [6.45, 7) is 5.91. The molecule has 0 spiro atoms. The van der Waals surface area contributed by atoms with Crippen molar-refractivity contribution in [3.63, 3.8) is 0 Å². The van der Waals surface area contributed by atoms with Crippen LogP contribution in [0.4, 0.5) is 0 Å². The Bertz CT molecular complexity index is 888. The summed E-state index contributed by atoms with van der Waals surface area (Å²) in [6, 6.07) is 7.16. The lowest BCUT2D eigenvalue weighted by Gasteiger charge is -2.22. The van der Waals surface area contributed by atoms with Gasteiger partial charge in [-0.1, -0.05) is 50.0 Å². The first-order chi connectivity index (χ1) is 11.2. The molecule has 2 aromatic rings. The molecule has 2 heterocycles. The molecule has 0 aliphatic carbocycles. The van der Waals surface area contributed by atoms with Gasteiger partial charge in [0.25, 0.3) is 0 Å². The van der Waals surface area contributed by atoms with Crippen LogP contribution in [-0.2, 0) is 5.41 Å². The Labute approximate surface area is 149 Å². The number of nitriles is 1. The van der Waals surface area contributed by atoms with Gasteiger partial charge in [-0.25, -0.2) is 4.98 Å². The van der Waals surface area contributed by atoms with Gasteiger partial charge in [0.2, 0.25) is 11.8 Å². The largest absolute Gasteiger partial charge is 0.409 e. The summed E-state index contributed by atoms with van der Waals surface area (Å²) in [5.41, 5.74) is 6.97. The lowest BCUT2D eigenvalue weighted by Crippen LogP contribution is -2.21. The van der Waals surface area contributed by atoms with E-state index in [0.717, 1.165) is 0 Å². The minimum absolute atomic E-state index is 0.0161. The SMILES string of the molecule is CC(C)(C)c1nc2c(o1)OC(N)=C(C#N)[C@@H]2c1ccc(Cl)cc1Cl. The molecule has 0 saturated carbocycles. The van der Waals surface area contributed by atoms with Gasteiger partial charge in [0, 0.05) is 15.5 Å². The maximum Gasteiger partial charge on any atom is 0.316 e. The summed E-state index contributed by atoms with van der Waals surface area (Å²) in [5, 5.41) is 10.5. The van der Waals surface area contributed by atoms with Gasteiger partial charge in [-0.05, 0) is 17.7 Å². The topological polar surface area (TPSA) is 85.1 Å². The third-order valence-corrected chi connectivity index (χ3v) is 4.25. The van der Waals surface area contributed by atoms with Crippen molar-refractivity contribution in [3.05, 3.63) is 56.8 Å². The van der Waals surface area contributed by atoms with Crippen molar-refractivity contribution < 1.29 is 9.15 Å². The van der Waals surface area contributed by atoms with Gasteiger partial charge in [0.15, 0.2) is 0 Å². The van der Waals surface area contributed by atoms with E-state index in [1.165, 1.54) is 0 Å². The summed E-state index contributed by atoms with van der Waals surface area (Å²) >= 11 is 12.3. The number of ether oxygens (including phenoxy) is 1. The van der Waals surface area contributed by atoms with Crippen molar-refractivity contribution in [1.29, 1.82) is 5.26 Å². The third kappa shape index (κ3) is 2.72. The standard InChI is InChI=1S/C17H15Cl2N3O2/c1-17(2,3)16-22-13-12(9-5-4-8(18)6-11(9)19)10(7-20)14(21)23-15(13)24-16/h4-6,12H,21H2,1-3H3/t12-/m0/s1. The first-order valence-electron chi connectivity index (χ1n) is 7.26. The molecule has 2 N–H and O–H groups in total. The normalized spacial score (nSPS) is 17.2. The minimum atomic E-state index is -0.566. The zero-order valence-corrected chi connectivity index (χ0v) is 14.9. The maximum atomic E-state index is 9.54. The smallest absolute Gasteiger partial charge is 0.316 e. The Morgan fingerprint density at radius 3 is 2.58 bits per heavy atom. The third-order valence-electron chi connectivity index (χ3n) is 3.69. The predicted octanol–water partition coefficient (Wildman–Crippen LogP) is 4.50. The molecule has 7 heteroatoms. The van der Waals surface area contributed by atoms with Crippen LogP contribution in [0.25, 0.3) is 0 Å². The first kappa shape index (κ1) is 16.7. The summed E-state index contributed by atoms with van der Waals surface area (Å²) in [6.07, 6.45) is 0. The van der Waals surface area contributed by atoms with Gasteiger partial charge in [0.05, 0.1) is 5.92 Å². The van der Waals surface area contributed by atoms with Crippen molar-refractivity contribution in [2.75, 3.05) is 0 Å². The highest BCUT2D eigenvalue weighted by atomic mass is 35.5. The fourth-order valence-electron chi connectivity index (χ4n) is 2.49. The van der Waals surface area contributed by atoms with Gasteiger partial charge in [0.1, 0.15) is 17.3 Å². The molecule has 1 aliphatic rings. The fraction of sp³-hybridized carbons (Fsp3) is 0.294. The molecule has 5 nitrogen and oxygen atoms in total. The van der Waals surface area contributed by atoms with E-state index in [0.29, 0.717) is 27.2 Å². The Kier molecular flexibility index (Phi) is 3.98. The van der Waals surface area contributed by atoms with Crippen molar-refractivity contribution in [2.45, 2.75) is 32.1 Å². The van der Waals surface area contributed by atoms with Crippen LogP contribution >= 0.6 is 23.2 Å². The predicted molar refractivity (Wildman–Crippen MR) is 91.0 cm³/mol. The van der Waals surface area contributed by atoms with Crippen LogP contribution in [0.2, 0.25) is 10.0 Å².